The summed E-state index contributed by atoms with van der Waals surface area (Å²) in [6, 6.07) is 14.7. The summed E-state index contributed by atoms with van der Waals surface area (Å²) >= 11 is 0. The van der Waals surface area contributed by atoms with E-state index in [0.717, 1.165) is 6.42 Å². The minimum Gasteiger partial charge on any atom is -0.306 e. The van der Waals surface area contributed by atoms with Gasteiger partial charge in [0.1, 0.15) is 0 Å². The molecule has 0 spiro atoms. The van der Waals surface area contributed by atoms with E-state index in [1.165, 1.54) is 16.6 Å². The van der Waals surface area contributed by atoms with Crippen molar-refractivity contribution < 1.29 is 0 Å². The Bertz CT molecular complexity index is 596. The molecule has 78 valence electrons. The number of benzene rings is 1. The molecule has 0 bridgehead atoms. The van der Waals surface area contributed by atoms with Crippen molar-refractivity contribution in [2.45, 2.75) is 6.42 Å². The fourth-order valence-electron chi connectivity index (χ4n) is 1.97. The molecule has 2 aromatic heterocycles. The van der Waals surface area contributed by atoms with Crippen LogP contribution in [0.1, 0.15) is 11.1 Å². The Hall–Kier alpha value is -2.09. The van der Waals surface area contributed by atoms with Gasteiger partial charge in [0, 0.05) is 6.20 Å². The topological polar surface area (TPSA) is 17.3 Å². The predicted octanol–water partition coefficient (Wildman–Crippen LogP) is 2.93. The van der Waals surface area contributed by atoms with Crippen LogP contribution >= 0.6 is 0 Å². The Morgan fingerprint density at radius 3 is 2.75 bits per heavy atom. The highest BCUT2D eigenvalue weighted by atomic mass is 15.0. The van der Waals surface area contributed by atoms with E-state index in [1.807, 2.05) is 24.8 Å². The van der Waals surface area contributed by atoms with E-state index in [-0.39, 0.29) is 0 Å². The third kappa shape index (κ3) is 1.58. The Kier molecular flexibility index (Phi) is 2.18. The summed E-state index contributed by atoms with van der Waals surface area (Å²) in [6.45, 7) is 0. The molecule has 0 unspecified atom stereocenters. The van der Waals surface area contributed by atoms with Crippen LogP contribution in [0.2, 0.25) is 0 Å². The number of fused-ring (bicyclic) bond motifs is 1. The maximum absolute atomic E-state index is 4.17. The van der Waals surface area contributed by atoms with Gasteiger partial charge in [-0.15, -0.1) is 0 Å². The molecule has 2 heteroatoms. The molecule has 3 aromatic rings. The number of aromatic nitrogens is 2. The van der Waals surface area contributed by atoms with Gasteiger partial charge in [0.2, 0.25) is 0 Å². The number of pyridine rings is 1. The molecule has 0 saturated heterocycles. The molecule has 1 aromatic carbocycles. The molecule has 2 heterocycles. The molecule has 0 aliphatic heterocycles. The van der Waals surface area contributed by atoms with Crippen LogP contribution in [-0.2, 0) is 6.42 Å². The summed E-state index contributed by atoms with van der Waals surface area (Å²) in [6.07, 6.45) is 6.73. The van der Waals surface area contributed by atoms with Gasteiger partial charge in [-0.2, -0.15) is 0 Å². The van der Waals surface area contributed by atoms with Crippen LogP contribution in [0.5, 0.6) is 0 Å². The summed E-state index contributed by atoms with van der Waals surface area (Å²) in [7, 11) is 0. The van der Waals surface area contributed by atoms with Crippen LogP contribution < -0.4 is 0 Å². The molecule has 3 rings (SSSR count). The van der Waals surface area contributed by atoms with E-state index in [0.29, 0.717) is 0 Å². The molecule has 0 radical (unpaired) electrons. The van der Waals surface area contributed by atoms with Gasteiger partial charge in [0.05, 0.1) is 18.0 Å². The zero-order chi connectivity index (χ0) is 10.8. The molecule has 0 amide bonds. The molecule has 0 atom stereocenters. The van der Waals surface area contributed by atoms with E-state index in [4.69, 9.17) is 0 Å². The van der Waals surface area contributed by atoms with Gasteiger partial charge in [-0.1, -0.05) is 36.4 Å². The van der Waals surface area contributed by atoms with Crippen LogP contribution in [0, 0.1) is 0 Å². The summed E-state index contributed by atoms with van der Waals surface area (Å²) in [5.74, 6) is 0. The highest BCUT2D eigenvalue weighted by molar-refractivity contribution is 5.54. The quantitative estimate of drug-likeness (QED) is 0.633. The summed E-state index contributed by atoms with van der Waals surface area (Å²) in [5, 5.41) is 0. The molecule has 0 aliphatic rings. The van der Waals surface area contributed by atoms with Gasteiger partial charge >= 0.3 is 0 Å². The first-order valence-electron chi connectivity index (χ1n) is 5.37. The molecule has 16 heavy (non-hydrogen) atoms. The smallest absolute Gasteiger partial charge is 0.0992 e. The van der Waals surface area contributed by atoms with Gasteiger partial charge in [0.15, 0.2) is 0 Å². The highest BCUT2D eigenvalue weighted by Gasteiger charge is 2.01. The summed E-state index contributed by atoms with van der Waals surface area (Å²) in [4.78, 5) is 4.17. The van der Waals surface area contributed by atoms with E-state index >= 15 is 0 Å². The number of hydrogen-bond donors (Lipinski definition) is 0. The highest BCUT2D eigenvalue weighted by Crippen LogP contribution is 2.14. The Morgan fingerprint density at radius 2 is 1.88 bits per heavy atom. The number of nitrogens with zero attached hydrogens (tertiary/aromatic N) is 2. The van der Waals surface area contributed by atoms with E-state index in [1.54, 1.807) is 0 Å². The predicted molar refractivity (Wildman–Crippen MR) is 64.4 cm³/mol. The van der Waals surface area contributed by atoms with Gasteiger partial charge < -0.3 is 4.40 Å². The molecule has 2 nitrogen and oxygen atoms in total. The van der Waals surface area contributed by atoms with Crippen molar-refractivity contribution in [2.24, 2.45) is 0 Å². The summed E-state index contributed by atoms with van der Waals surface area (Å²) < 4.78 is 2.05. The average Bonchev–Trinajstić information content (AvgIpc) is 2.80. The minimum absolute atomic E-state index is 0.955. The van der Waals surface area contributed by atoms with Gasteiger partial charge in [-0.25, -0.2) is 4.98 Å². The third-order valence-electron chi connectivity index (χ3n) is 2.78. The van der Waals surface area contributed by atoms with Crippen LogP contribution in [-0.4, -0.2) is 9.38 Å². The second-order valence-corrected chi connectivity index (χ2v) is 3.88. The SMILES string of the molecule is c1ccc(Cc2cccn3cncc23)cc1. The molecule has 0 saturated carbocycles. The fraction of sp³-hybridized carbons (Fsp3) is 0.0714. The van der Waals surface area contributed by atoms with Crippen LogP contribution in [0.25, 0.3) is 5.52 Å². The third-order valence-corrected chi connectivity index (χ3v) is 2.78. The van der Waals surface area contributed by atoms with Crippen LogP contribution in [0.3, 0.4) is 0 Å². The lowest BCUT2D eigenvalue weighted by atomic mass is 10.1. The maximum atomic E-state index is 4.17. The minimum atomic E-state index is 0.955. The Balaban J connectivity index is 2.04. The van der Waals surface area contributed by atoms with Crippen molar-refractivity contribution in [3.63, 3.8) is 0 Å². The molecular formula is C14H12N2. The lowest BCUT2D eigenvalue weighted by Gasteiger charge is -2.04. The number of hydrogen-bond acceptors (Lipinski definition) is 1. The molecule has 0 aliphatic carbocycles. The van der Waals surface area contributed by atoms with Crippen molar-refractivity contribution in [1.82, 2.24) is 9.38 Å². The second-order valence-electron chi connectivity index (χ2n) is 3.88. The standard InChI is InChI=1S/C14H12N2/c1-2-5-12(6-3-1)9-13-7-4-8-16-11-15-10-14(13)16/h1-8,10-11H,9H2. The zero-order valence-electron chi connectivity index (χ0n) is 8.88. The molecule has 0 fully saturated rings. The number of imidazole rings is 1. The van der Waals surface area contributed by atoms with E-state index in [9.17, 15) is 0 Å². The van der Waals surface area contributed by atoms with Crippen LogP contribution in [0.4, 0.5) is 0 Å². The zero-order valence-corrected chi connectivity index (χ0v) is 8.88. The first-order valence-corrected chi connectivity index (χ1v) is 5.37. The van der Waals surface area contributed by atoms with E-state index in [2.05, 4.69) is 45.8 Å². The first kappa shape index (κ1) is 9.16. The van der Waals surface area contributed by atoms with Crippen molar-refractivity contribution >= 4 is 5.52 Å². The second kappa shape index (κ2) is 3.81. The van der Waals surface area contributed by atoms with Crippen molar-refractivity contribution in [3.8, 4) is 0 Å². The normalized spacial score (nSPS) is 10.8. The van der Waals surface area contributed by atoms with Gasteiger partial charge in [0.25, 0.3) is 0 Å². The maximum Gasteiger partial charge on any atom is 0.0992 e. The lowest BCUT2D eigenvalue weighted by Crippen LogP contribution is -1.91. The largest absolute Gasteiger partial charge is 0.306 e. The number of rotatable bonds is 2. The van der Waals surface area contributed by atoms with E-state index < -0.39 is 0 Å². The fourth-order valence-corrected chi connectivity index (χ4v) is 1.97. The average molecular weight is 208 g/mol. The summed E-state index contributed by atoms with van der Waals surface area (Å²) in [5.41, 5.74) is 3.83. The van der Waals surface area contributed by atoms with Gasteiger partial charge in [-0.3, -0.25) is 0 Å². The first-order chi connectivity index (χ1) is 7.93. The van der Waals surface area contributed by atoms with Crippen molar-refractivity contribution in [2.75, 3.05) is 0 Å². The Labute approximate surface area is 94.2 Å². The van der Waals surface area contributed by atoms with Crippen molar-refractivity contribution in [1.29, 1.82) is 0 Å². The Morgan fingerprint density at radius 1 is 1.00 bits per heavy atom. The van der Waals surface area contributed by atoms with Gasteiger partial charge in [-0.05, 0) is 23.6 Å². The van der Waals surface area contributed by atoms with Crippen LogP contribution in [0.15, 0.2) is 61.2 Å². The molecule has 0 N–H and O–H groups in total. The molecular weight excluding hydrogens is 196 g/mol. The lowest BCUT2D eigenvalue weighted by molar-refractivity contribution is 1.11. The monoisotopic (exact) mass is 208 g/mol. The van der Waals surface area contributed by atoms with Crippen molar-refractivity contribution in [3.05, 3.63) is 72.3 Å².